The van der Waals surface area contributed by atoms with Gasteiger partial charge >= 0.3 is 11.9 Å². The number of carbonyl (C=O) groups excluding carboxylic acids is 2. The minimum absolute atomic E-state index is 0.00418. The van der Waals surface area contributed by atoms with Crippen LogP contribution in [0.1, 0.15) is 32.4 Å². The van der Waals surface area contributed by atoms with Gasteiger partial charge in [-0.25, -0.2) is 9.78 Å². The van der Waals surface area contributed by atoms with Crippen molar-refractivity contribution in [3.63, 3.8) is 0 Å². The van der Waals surface area contributed by atoms with Gasteiger partial charge in [-0.15, -0.1) is 0 Å². The summed E-state index contributed by atoms with van der Waals surface area (Å²) >= 11 is 0. The Morgan fingerprint density at radius 1 is 1.19 bits per heavy atom. The maximum atomic E-state index is 12.5. The molecule has 11 heteroatoms. The molecule has 0 aliphatic carbocycles. The van der Waals surface area contributed by atoms with Gasteiger partial charge in [0.25, 0.3) is 0 Å². The first-order chi connectivity index (χ1) is 12.6. The molecular weight excluding hydrogens is 358 g/mol. The average Bonchev–Trinajstić information content (AvgIpc) is 3.11. The predicted molar refractivity (Wildman–Crippen MR) is 93.5 cm³/mol. The summed E-state index contributed by atoms with van der Waals surface area (Å²) in [6.07, 6.45) is 2.71. The number of aromatic nitrogens is 2. The van der Waals surface area contributed by atoms with Crippen LogP contribution >= 0.6 is 0 Å². The number of carboxylic acids is 2. The SMILES string of the molecule is CC[C@H](C)[C@H](N)C(=O)N[C@@H](Cc1cnc[nH]1)C(=O)N[C@@H](CC(=O)O)C(=O)O. The summed E-state index contributed by atoms with van der Waals surface area (Å²) in [5.74, 6) is -4.39. The van der Waals surface area contributed by atoms with Crippen LogP contribution in [0, 0.1) is 5.92 Å². The molecule has 11 nitrogen and oxygen atoms in total. The highest BCUT2D eigenvalue weighted by atomic mass is 16.4. The lowest BCUT2D eigenvalue weighted by atomic mass is 9.98. The summed E-state index contributed by atoms with van der Waals surface area (Å²) in [6, 6.07) is -3.62. The number of aliphatic carboxylic acids is 2. The fourth-order valence-corrected chi connectivity index (χ4v) is 2.25. The first-order valence-corrected chi connectivity index (χ1v) is 8.43. The Morgan fingerprint density at radius 2 is 1.81 bits per heavy atom. The minimum Gasteiger partial charge on any atom is -0.481 e. The van der Waals surface area contributed by atoms with Crippen LogP contribution in [0.25, 0.3) is 0 Å². The van der Waals surface area contributed by atoms with E-state index in [0.29, 0.717) is 12.1 Å². The lowest BCUT2D eigenvalue weighted by Crippen LogP contribution is -2.56. The molecular formula is C16H25N5O6. The van der Waals surface area contributed by atoms with Crippen LogP contribution in [0.4, 0.5) is 0 Å². The van der Waals surface area contributed by atoms with E-state index in [-0.39, 0.29) is 12.3 Å². The molecule has 0 unspecified atom stereocenters. The second-order valence-corrected chi connectivity index (χ2v) is 6.25. The number of H-pyrrole nitrogens is 1. The molecule has 0 bridgehead atoms. The second-order valence-electron chi connectivity index (χ2n) is 6.25. The molecule has 1 aromatic heterocycles. The van der Waals surface area contributed by atoms with Crippen molar-refractivity contribution in [3.8, 4) is 0 Å². The highest BCUT2D eigenvalue weighted by Crippen LogP contribution is 2.07. The Balaban J connectivity index is 2.92. The largest absolute Gasteiger partial charge is 0.481 e. The van der Waals surface area contributed by atoms with E-state index in [1.165, 1.54) is 12.5 Å². The van der Waals surface area contributed by atoms with Gasteiger partial charge in [0.15, 0.2) is 0 Å². The smallest absolute Gasteiger partial charge is 0.326 e. The van der Waals surface area contributed by atoms with E-state index < -0.39 is 48.3 Å². The van der Waals surface area contributed by atoms with Crippen molar-refractivity contribution in [2.75, 3.05) is 0 Å². The normalized spacial score (nSPS) is 15.2. The highest BCUT2D eigenvalue weighted by molar-refractivity contribution is 5.93. The lowest BCUT2D eigenvalue weighted by Gasteiger charge is -2.24. The van der Waals surface area contributed by atoms with Crippen LogP contribution in [-0.2, 0) is 25.6 Å². The summed E-state index contributed by atoms with van der Waals surface area (Å²) < 4.78 is 0. The molecule has 1 heterocycles. The molecule has 0 radical (unpaired) electrons. The fourth-order valence-electron chi connectivity index (χ4n) is 2.25. The number of imidazole rings is 1. The number of hydrogen-bond acceptors (Lipinski definition) is 6. The van der Waals surface area contributed by atoms with Crippen LogP contribution in [0.2, 0.25) is 0 Å². The molecule has 4 atom stereocenters. The standard InChI is InChI=1S/C16H25N5O6/c1-3-8(2)13(17)15(25)20-10(4-9-6-18-7-19-9)14(24)21-11(16(26)27)5-12(22)23/h6-8,10-11,13H,3-5,17H2,1-2H3,(H,18,19)(H,20,25)(H,21,24)(H,22,23)(H,26,27)/t8-,10-,11-,13-/m0/s1. The zero-order valence-corrected chi connectivity index (χ0v) is 15.1. The average molecular weight is 383 g/mol. The van der Waals surface area contributed by atoms with Gasteiger partial charge in [0, 0.05) is 18.3 Å². The van der Waals surface area contributed by atoms with Crippen molar-refractivity contribution in [2.24, 2.45) is 11.7 Å². The molecule has 1 aromatic rings. The number of aromatic amines is 1. The van der Waals surface area contributed by atoms with E-state index in [1.54, 1.807) is 6.92 Å². The van der Waals surface area contributed by atoms with E-state index >= 15 is 0 Å². The van der Waals surface area contributed by atoms with Crippen LogP contribution in [-0.4, -0.2) is 62.1 Å². The summed E-state index contributed by atoms with van der Waals surface area (Å²) in [6.45, 7) is 3.66. The zero-order chi connectivity index (χ0) is 20.6. The molecule has 1 rings (SSSR count). The van der Waals surface area contributed by atoms with Crippen molar-refractivity contribution in [2.45, 2.75) is 51.2 Å². The Hall–Kier alpha value is -2.95. The van der Waals surface area contributed by atoms with Crippen LogP contribution in [0.3, 0.4) is 0 Å². The van der Waals surface area contributed by atoms with Gasteiger partial charge in [0.1, 0.15) is 12.1 Å². The van der Waals surface area contributed by atoms with Gasteiger partial charge in [0.05, 0.1) is 18.8 Å². The van der Waals surface area contributed by atoms with E-state index in [1.807, 2.05) is 6.92 Å². The van der Waals surface area contributed by atoms with E-state index in [0.717, 1.165) is 0 Å². The monoisotopic (exact) mass is 383 g/mol. The third kappa shape index (κ3) is 7.05. The molecule has 0 aliphatic heterocycles. The predicted octanol–water partition coefficient (Wildman–Crippen LogP) is -1.15. The zero-order valence-electron chi connectivity index (χ0n) is 15.1. The number of nitrogens with one attached hydrogen (secondary N) is 3. The molecule has 150 valence electrons. The van der Waals surface area contributed by atoms with Gasteiger partial charge in [-0.1, -0.05) is 20.3 Å². The first-order valence-electron chi connectivity index (χ1n) is 8.43. The molecule has 2 amide bonds. The van der Waals surface area contributed by atoms with Crippen molar-refractivity contribution < 1.29 is 29.4 Å². The van der Waals surface area contributed by atoms with Gasteiger partial charge in [0.2, 0.25) is 11.8 Å². The van der Waals surface area contributed by atoms with Gasteiger partial charge in [-0.05, 0) is 5.92 Å². The van der Waals surface area contributed by atoms with Crippen LogP contribution < -0.4 is 16.4 Å². The molecule has 0 saturated carbocycles. The number of rotatable bonds is 11. The Morgan fingerprint density at radius 3 is 2.30 bits per heavy atom. The summed E-state index contributed by atoms with van der Waals surface area (Å²) in [5.41, 5.74) is 6.40. The minimum atomic E-state index is -1.63. The number of amides is 2. The third-order valence-corrected chi connectivity index (χ3v) is 4.16. The fraction of sp³-hybridized carbons (Fsp3) is 0.562. The highest BCUT2D eigenvalue weighted by Gasteiger charge is 2.30. The van der Waals surface area contributed by atoms with E-state index in [4.69, 9.17) is 15.9 Å². The molecule has 0 fully saturated rings. The number of nitrogens with two attached hydrogens (primary N) is 1. The quantitative estimate of drug-likeness (QED) is 0.276. The summed E-state index contributed by atoms with van der Waals surface area (Å²) in [4.78, 5) is 53.4. The molecule has 0 aromatic carbocycles. The van der Waals surface area contributed by atoms with Crippen molar-refractivity contribution in [1.29, 1.82) is 0 Å². The molecule has 27 heavy (non-hydrogen) atoms. The van der Waals surface area contributed by atoms with E-state index in [9.17, 15) is 19.2 Å². The molecule has 0 aliphatic rings. The Kier molecular flexibility index (Phi) is 8.39. The number of hydrogen-bond donors (Lipinski definition) is 6. The molecule has 7 N–H and O–H groups in total. The Bertz CT molecular complexity index is 662. The van der Waals surface area contributed by atoms with Crippen molar-refractivity contribution in [3.05, 3.63) is 18.2 Å². The Labute approximate surface area is 155 Å². The molecule has 0 saturated heterocycles. The van der Waals surface area contributed by atoms with Crippen LogP contribution in [0.15, 0.2) is 12.5 Å². The van der Waals surface area contributed by atoms with E-state index in [2.05, 4.69) is 20.6 Å². The van der Waals surface area contributed by atoms with Gasteiger partial charge in [-0.3, -0.25) is 14.4 Å². The topological polar surface area (TPSA) is 187 Å². The lowest BCUT2D eigenvalue weighted by molar-refractivity contribution is -0.147. The van der Waals surface area contributed by atoms with Gasteiger partial charge in [-0.2, -0.15) is 0 Å². The second kappa shape index (κ2) is 10.3. The third-order valence-electron chi connectivity index (χ3n) is 4.16. The molecule has 0 spiro atoms. The summed E-state index contributed by atoms with van der Waals surface area (Å²) in [7, 11) is 0. The first kappa shape index (κ1) is 22.1. The number of nitrogens with zero attached hydrogens (tertiary/aromatic N) is 1. The summed E-state index contributed by atoms with van der Waals surface area (Å²) in [5, 5.41) is 22.5. The van der Waals surface area contributed by atoms with Crippen LogP contribution in [0.5, 0.6) is 0 Å². The maximum Gasteiger partial charge on any atom is 0.326 e. The maximum absolute atomic E-state index is 12.5. The number of carboxylic acid groups (broad SMARTS) is 2. The van der Waals surface area contributed by atoms with Crippen molar-refractivity contribution >= 4 is 23.8 Å². The van der Waals surface area contributed by atoms with Crippen molar-refractivity contribution in [1.82, 2.24) is 20.6 Å². The number of carbonyl (C=O) groups is 4. The van der Waals surface area contributed by atoms with Gasteiger partial charge < -0.3 is 31.6 Å².